The minimum absolute atomic E-state index is 0.171. The molecule has 0 N–H and O–H groups in total. The monoisotopic (exact) mass is 409 g/mol. The molecule has 0 bridgehead atoms. The molecule has 1 fully saturated rings. The third kappa shape index (κ3) is 3.00. The van der Waals surface area contributed by atoms with E-state index < -0.39 is 0 Å². The van der Waals surface area contributed by atoms with Gasteiger partial charge in [0.1, 0.15) is 0 Å². The molecule has 0 aliphatic carbocycles. The average molecular weight is 410 g/mol. The van der Waals surface area contributed by atoms with Gasteiger partial charge in [0.2, 0.25) is 6.79 Å². The van der Waals surface area contributed by atoms with Gasteiger partial charge in [-0.05, 0) is 29.8 Å². The third-order valence-electron chi connectivity index (χ3n) is 3.68. The van der Waals surface area contributed by atoms with Crippen LogP contribution in [0, 0.1) is 0 Å². The SMILES string of the molecule is O=C1/C(=C\c2cccc(Cl)c2Cl)SC(=S)N1c1ccc2c(c1)OCO2. The second-order valence-electron chi connectivity index (χ2n) is 5.20. The molecule has 0 radical (unpaired) electrons. The molecule has 0 aromatic heterocycles. The van der Waals surface area contributed by atoms with E-state index in [2.05, 4.69) is 0 Å². The van der Waals surface area contributed by atoms with Crippen LogP contribution in [0.1, 0.15) is 5.56 Å². The fourth-order valence-corrected chi connectivity index (χ4v) is 4.14. The van der Waals surface area contributed by atoms with Gasteiger partial charge in [-0.1, -0.05) is 59.3 Å². The van der Waals surface area contributed by atoms with Crippen molar-refractivity contribution in [1.82, 2.24) is 0 Å². The summed E-state index contributed by atoms with van der Waals surface area (Å²) in [5.41, 5.74) is 1.30. The van der Waals surface area contributed by atoms with Crippen LogP contribution in [0.15, 0.2) is 41.3 Å². The summed E-state index contributed by atoms with van der Waals surface area (Å²) in [4.78, 5) is 14.8. The Hall–Kier alpha value is -1.73. The van der Waals surface area contributed by atoms with Crippen LogP contribution in [0.25, 0.3) is 6.08 Å². The Balaban J connectivity index is 1.69. The van der Waals surface area contributed by atoms with Crippen LogP contribution >= 0.6 is 47.2 Å². The number of halogens is 2. The third-order valence-corrected chi connectivity index (χ3v) is 5.81. The Morgan fingerprint density at radius 2 is 1.96 bits per heavy atom. The van der Waals surface area contributed by atoms with Gasteiger partial charge in [-0.3, -0.25) is 9.69 Å². The molecule has 4 rings (SSSR count). The molecule has 0 spiro atoms. The van der Waals surface area contributed by atoms with Crippen molar-refractivity contribution in [3.8, 4) is 11.5 Å². The fourth-order valence-electron chi connectivity index (χ4n) is 2.49. The molecule has 8 heteroatoms. The first-order valence-corrected chi connectivity index (χ1v) is 9.14. The molecular weight excluding hydrogens is 401 g/mol. The number of amides is 1. The number of anilines is 1. The van der Waals surface area contributed by atoms with Crippen LogP contribution in [-0.4, -0.2) is 17.0 Å². The number of thiocarbonyl (C=S) groups is 1. The van der Waals surface area contributed by atoms with Gasteiger partial charge in [-0.2, -0.15) is 0 Å². The Morgan fingerprint density at radius 3 is 2.80 bits per heavy atom. The zero-order valence-corrected chi connectivity index (χ0v) is 15.6. The van der Waals surface area contributed by atoms with Gasteiger partial charge < -0.3 is 9.47 Å². The fraction of sp³-hybridized carbons (Fsp3) is 0.0588. The molecule has 1 saturated heterocycles. The quantitative estimate of drug-likeness (QED) is 0.507. The zero-order chi connectivity index (χ0) is 17.6. The highest BCUT2D eigenvalue weighted by atomic mass is 35.5. The first-order chi connectivity index (χ1) is 12.0. The van der Waals surface area contributed by atoms with E-state index in [1.54, 1.807) is 42.5 Å². The maximum absolute atomic E-state index is 12.8. The van der Waals surface area contributed by atoms with Gasteiger partial charge in [-0.25, -0.2) is 0 Å². The maximum Gasteiger partial charge on any atom is 0.270 e. The van der Waals surface area contributed by atoms with E-state index in [1.807, 2.05) is 0 Å². The summed E-state index contributed by atoms with van der Waals surface area (Å²) in [6.07, 6.45) is 1.69. The highest BCUT2D eigenvalue weighted by Gasteiger charge is 2.34. The number of carbonyl (C=O) groups is 1. The largest absolute Gasteiger partial charge is 0.454 e. The van der Waals surface area contributed by atoms with Gasteiger partial charge in [0.15, 0.2) is 15.8 Å². The van der Waals surface area contributed by atoms with Gasteiger partial charge in [-0.15, -0.1) is 0 Å². The second-order valence-corrected chi connectivity index (χ2v) is 7.66. The molecule has 25 heavy (non-hydrogen) atoms. The molecule has 4 nitrogen and oxygen atoms in total. The van der Waals surface area contributed by atoms with E-state index in [-0.39, 0.29) is 12.7 Å². The molecule has 2 heterocycles. The molecule has 0 saturated carbocycles. The molecule has 0 atom stereocenters. The number of rotatable bonds is 2. The van der Waals surface area contributed by atoms with Crippen molar-refractivity contribution in [2.45, 2.75) is 0 Å². The lowest BCUT2D eigenvalue weighted by atomic mass is 10.2. The number of carbonyl (C=O) groups excluding carboxylic acids is 1. The topological polar surface area (TPSA) is 38.8 Å². The van der Waals surface area contributed by atoms with Gasteiger partial charge in [0.25, 0.3) is 5.91 Å². The number of hydrogen-bond acceptors (Lipinski definition) is 5. The summed E-state index contributed by atoms with van der Waals surface area (Å²) >= 11 is 18.8. The van der Waals surface area contributed by atoms with Crippen molar-refractivity contribution >= 4 is 69.2 Å². The second kappa shape index (κ2) is 6.53. The smallest absolute Gasteiger partial charge is 0.270 e. The summed E-state index contributed by atoms with van der Waals surface area (Å²) < 4.78 is 11.1. The molecular formula is C17H9Cl2NO3S2. The summed E-state index contributed by atoms with van der Waals surface area (Å²) in [5, 5.41) is 0.833. The number of fused-ring (bicyclic) bond motifs is 1. The summed E-state index contributed by atoms with van der Waals surface area (Å²) in [5.74, 6) is 1.02. The number of ether oxygens (including phenoxy) is 2. The van der Waals surface area contributed by atoms with Crippen molar-refractivity contribution in [1.29, 1.82) is 0 Å². The van der Waals surface area contributed by atoms with Crippen molar-refractivity contribution in [2.24, 2.45) is 0 Å². The van der Waals surface area contributed by atoms with Gasteiger partial charge in [0, 0.05) is 6.07 Å². The molecule has 2 aliphatic rings. The van der Waals surface area contributed by atoms with E-state index in [0.29, 0.717) is 42.0 Å². The Labute approximate surface area is 163 Å². The van der Waals surface area contributed by atoms with Crippen LogP contribution in [0.3, 0.4) is 0 Å². The lowest BCUT2D eigenvalue weighted by Crippen LogP contribution is -2.27. The highest BCUT2D eigenvalue weighted by Crippen LogP contribution is 2.41. The van der Waals surface area contributed by atoms with E-state index in [9.17, 15) is 4.79 Å². The number of benzene rings is 2. The lowest BCUT2D eigenvalue weighted by molar-refractivity contribution is -0.113. The van der Waals surface area contributed by atoms with Crippen molar-refractivity contribution < 1.29 is 14.3 Å². The molecule has 2 aromatic carbocycles. The number of thioether (sulfide) groups is 1. The average Bonchev–Trinajstić information content (AvgIpc) is 3.16. The van der Waals surface area contributed by atoms with E-state index in [4.69, 9.17) is 44.9 Å². The van der Waals surface area contributed by atoms with Crippen LogP contribution in [0.5, 0.6) is 11.5 Å². The Bertz CT molecular complexity index is 945. The summed E-state index contributed by atoms with van der Waals surface area (Å²) in [6.45, 7) is 0.171. The van der Waals surface area contributed by atoms with E-state index in [0.717, 1.165) is 0 Å². The van der Waals surface area contributed by atoms with Gasteiger partial charge in [0.05, 0.1) is 20.6 Å². The lowest BCUT2D eigenvalue weighted by Gasteiger charge is -2.14. The minimum atomic E-state index is -0.218. The molecule has 126 valence electrons. The normalized spacial score (nSPS) is 17.7. The summed E-state index contributed by atoms with van der Waals surface area (Å²) in [6, 6.07) is 10.5. The predicted octanol–water partition coefficient (Wildman–Crippen LogP) is 5.13. The van der Waals surface area contributed by atoms with Crippen molar-refractivity contribution in [2.75, 3.05) is 11.7 Å². The number of nitrogens with zero attached hydrogens (tertiary/aromatic N) is 1. The summed E-state index contributed by atoms with van der Waals surface area (Å²) in [7, 11) is 0. The van der Waals surface area contributed by atoms with Crippen molar-refractivity contribution in [3.63, 3.8) is 0 Å². The highest BCUT2D eigenvalue weighted by molar-refractivity contribution is 8.27. The molecule has 2 aliphatic heterocycles. The predicted molar refractivity (Wildman–Crippen MR) is 105 cm³/mol. The van der Waals surface area contributed by atoms with Crippen LogP contribution in [0.4, 0.5) is 5.69 Å². The van der Waals surface area contributed by atoms with Crippen LogP contribution < -0.4 is 14.4 Å². The maximum atomic E-state index is 12.8. The van der Waals surface area contributed by atoms with Crippen LogP contribution in [-0.2, 0) is 4.79 Å². The van der Waals surface area contributed by atoms with E-state index in [1.165, 1.54) is 16.7 Å². The van der Waals surface area contributed by atoms with Crippen LogP contribution in [0.2, 0.25) is 10.0 Å². The standard InChI is InChI=1S/C17H9Cl2NO3S2/c18-11-3-1-2-9(15(11)19)6-14-16(21)20(17(24)25-14)10-4-5-12-13(7-10)23-8-22-12/h1-7H,8H2/b14-6+. The first-order valence-electron chi connectivity index (χ1n) is 7.16. The Morgan fingerprint density at radius 1 is 1.16 bits per heavy atom. The zero-order valence-electron chi connectivity index (χ0n) is 12.5. The van der Waals surface area contributed by atoms with Crippen molar-refractivity contribution in [3.05, 3.63) is 56.9 Å². The molecule has 1 amide bonds. The number of hydrogen-bond donors (Lipinski definition) is 0. The molecule has 2 aromatic rings. The van der Waals surface area contributed by atoms with Gasteiger partial charge >= 0.3 is 0 Å². The molecule has 0 unspecified atom stereocenters. The Kier molecular flexibility index (Phi) is 4.37. The minimum Gasteiger partial charge on any atom is -0.454 e. The van der Waals surface area contributed by atoms with E-state index >= 15 is 0 Å². The first kappa shape index (κ1) is 16.7.